The van der Waals surface area contributed by atoms with E-state index in [9.17, 15) is 8.42 Å². The van der Waals surface area contributed by atoms with Gasteiger partial charge in [0.25, 0.3) is 0 Å². The summed E-state index contributed by atoms with van der Waals surface area (Å²) in [7, 11) is 1.93. The van der Waals surface area contributed by atoms with Crippen molar-refractivity contribution in [2.24, 2.45) is 0 Å². The van der Waals surface area contributed by atoms with Crippen molar-refractivity contribution < 1.29 is 8.42 Å². The summed E-state index contributed by atoms with van der Waals surface area (Å²) in [6.07, 6.45) is 0. The van der Waals surface area contributed by atoms with Gasteiger partial charge in [-0.3, -0.25) is 0 Å². The lowest BCUT2D eigenvalue weighted by atomic mass is 10.3. The molecule has 0 aromatic heterocycles. The normalized spacial score (nSPS) is 12.3. The van der Waals surface area contributed by atoms with E-state index in [1.165, 1.54) is 16.4 Å². The average molecular weight is 336 g/mol. The third-order valence-electron chi connectivity index (χ3n) is 2.54. The van der Waals surface area contributed by atoms with Crippen LogP contribution in [0.2, 0.25) is 0 Å². The predicted octanol–water partition coefficient (Wildman–Crippen LogP) is 1.21. The molecule has 5 nitrogen and oxygen atoms in total. The molecule has 0 bridgehead atoms. The maximum Gasteiger partial charge on any atom is 0.242 e. The molecule has 7 heteroatoms. The van der Waals surface area contributed by atoms with Crippen molar-refractivity contribution in [3.05, 3.63) is 22.7 Å². The van der Waals surface area contributed by atoms with E-state index in [0.717, 1.165) is 0 Å². The van der Waals surface area contributed by atoms with E-state index < -0.39 is 10.0 Å². The molecule has 0 spiro atoms. The molecule has 0 aliphatic rings. The van der Waals surface area contributed by atoms with E-state index in [1.807, 2.05) is 19.0 Å². The number of rotatable bonds is 5. The second-order valence-electron chi connectivity index (χ2n) is 4.31. The third-order valence-corrected chi connectivity index (χ3v) is 5.08. The number of sulfonamides is 1. The van der Waals surface area contributed by atoms with Crippen LogP contribution in [0.3, 0.4) is 0 Å². The van der Waals surface area contributed by atoms with Gasteiger partial charge in [-0.2, -0.15) is 4.31 Å². The minimum Gasteiger partial charge on any atom is -0.398 e. The highest BCUT2D eigenvalue weighted by Crippen LogP contribution is 2.24. The fraction of sp³-hybridized carbons (Fsp3) is 0.455. The highest BCUT2D eigenvalue weighted by atomic mass is 79.9. The summed E-state index contributed by atoms with van der Waals surface area (Å²) in [5.41, 5.74) is 6.16. The molecule has 2 N–H and O–H groups in total. The molecular formula is C11H18BrN3O2S. The van der Waals surface area contributed by atoms with Crippen LogP contribution >= 0.6 is 15.9 Å². The molecule has 1 aromatic rings. The van der Waals surface area contributed by atoms with Crippen molar-refractivity contribution in [2.45, 2.75) is 4.90 Å². The number of hydrogen-bond acceptors (Lipinski definition) is 4. The highest BCUT2D eigenvalue weighted by molar-refractivity contribution is 9.10. The standard InChI is InChI=1S/C11H18BrN3O2S/c1-14(2)6-7-15(3)18(16,17)9-4-5-11(13)10(12)8-9/h4-5,8H,6-7,13H2,1-3H3. The third kappa shape index (κ3) is 3.68. The molecule has 0 saturated heterocycles. The Morgan fingerprint density at radius 1 is 1.22 bits per heavy atom. The van der Waals surface area contributed by atoms with Crippen LogP contribution in [-0.4, -0.2) is 51.9 Å². The zero-order valence-electron chi connectivity index (χ0n) is 10.7. The lowest BCUT2D eigenvalue weighted by molar-refractivity contribution is 0.358. The molecule has 0 fully saturated rings. The molecular weight excluding hydrogens is 318 g/mol. The van der Waals surface area contributed by atoms with Crippen molar-refractivity contribution in [1.29, 1.82) is 0 Å². The van der Waals surface area contributed by atoms with E-state index in [4.69, 9.17) is 5.73 Å². The fourth-order valence-corrected chi connectivity index (χ4v) is 3.03. The van der Waals surface area contributed by atoms with Crippen molar-refractivity contribution in [3.8, 4) is 0 Å². The number of nitrogens with zero attached hydrogens (tertiary/aromatic N) is 2. The number of hydrogen-bond donors (Lipinski definition) is 1. The van der Waals surface area contributed by atoms with Gasteiger partial charge in [0.1, 0.15) is 0 Å². The molecule has 0 aliphatic carbocycles. The molecule has 0 heterocycles. The van der Waals surface area contributed by atoms with Crippen LogP contribution < -0.4 is 5.73 Å². The van der Waals surface area contributed by atoms with Crippen LogP contribution in [0.25, 0.3) is 0 Å². The van der Waals surface area contributed by atoms with Gasteiger partial charge in [-0.05, 0) is 48.2 Å². The lowest BCUT2D eigenvalue weighted by Crippen LogP contribution is -2.33. The summed E-state index contributed by atoms with van der Waals surface area (Å²) in [6.45, 7) is 1.11. The van der Waals surface area contributed by atoms with Crippen molar-refractivity contribution in [2.75, 3.05) is 40.0 Å². The average Bonchev–Trinajstić information content (AvgIpc) is 2.29. The molecule has 0 aliphatic heterocycles. The van der Waals surface area contributed by atoms with E-state index >= 15 is 0 Å². The Morgan fingerprint density at radius 3 is 2.33 bits per heavy atom. The lowest BCUT2D eigenvalue weighted by Gasteiger charge is -2.19. The highest BCUT2D eigenvalue weighted by Gasteiger charge is 2.21. The van der Waals surface area contributed by atoms with Gasteiger partial charge in [-0.1, -0.05) is 0 Å². The topological polar surface area (TPSA) is 66.6 Å². The molecule has 0 atom stereocenters. The number of nitrogen functional groups attached to an aromatic ring is 1. The second-order valence-corrected chi connectivity index (χ2v) is 7.21. The Morgan fingerprint density at radius 2 is 1.83 bits per heavy atom. The first-order valence-corrected chi connectivity index (χ1v) is 7.64. The molecule has 1 rings (SSSR count). The number of halogens is 1. The molecule has 1 aromatic carbocycles. The van der Waals surface area contributed by atoms with Gasteiger partial charge in [-0.15, -0.1) is 0 Å². The van der Waals surface area contributed by atoms with Gasteiger partial charge in [0.2, 0.25) is 10.0 Å². The predicted molar refractivity (Wildman–Crippen MR) is 76.9 cm³/mol. The monoisotopic (exact) mass is 335 g/mol. The Labute approximate surface area is 117 Å². The summed E-state index contributed by atoms with van der Waals surface area (Å²) >= 11 is 3.23. The van der Waals surface area contributed by atoms with Crippen molar-refractivity contribution >= 4 is 31.6 Å². The van der Waals surface area contributed by atoms with Gasteiger partial charge in [0.15, 0.2) is 0 Å². The minimum absolute atomic E-state index is 0.241. The fourth-order valence-electron chi connectivity index (χ4n) is 1.31. The molecule has 0 saturated carbocycles. The first-order valence-electron chi connectivity index (χ1n) is 5.41. The van der Waals surface area contributed by atoms with E-state index in [0.29, 0.717) is 23.2 Å². The summed E-state index contributed by atoms with van der Waals surface area (Å²) in [5.74, 6) is 0. The van der Waals surface area contributed by atoms with Crippen LogP contribution in [0.15, 0.2) is 27.6 Å². The maximum atomic E-state index is 12.3. The number of benzene rings is 1. The van der Waals surface area contributed by atoms with Crippen LogP contribution in [0, 0.1) is 0 Å². The van der Waals surface area contributed by atoms with Gasteiger partial charge in [-0.25, -0.2) is 8.42 Å². The zero-order valence-corrected chi connectivity index (χ0v) is 13.1. The van der Waals surface area contributed by atoms with E-state index in [1.54, 1.807) is 13.1 Å². The van der Waals surface area contributed by atoms with Crippen molar-refractivity contribution in [1.82, 2.24) is 9.21 Å². The Bertz CT molecular complexity index is 517. The largest absolute Gasteiger partial charge is 0.398 e. The van der Waals surface area contributed by atoms with Gasteiger partial charge in [0, 0.05) is 30.3 Å². The van der Waals surface area contributed by atoms with Gasteiger partial charge in [0.05, 0.1) is 4.90 Å². The molecule has 18 heavy (non-hydrogen) atoms. The maximum absolute atomic E-state index is 12.3. The Kier molecular flexibility index (Phi) is 5.15. The SMILES string of the molecule is CN(C)CCN(C)S(=O)(=O)c1ccc(N)c(Br)c1. The van der Waals surface area contributed by atoms with E-state index in [-0.39, 0.29) is 4.90 Å². The summed E-state index contributed by atoms with van der Waals surface area (Å²) in [6, 6.07) is 4.62. The van der Waals surface area contributed by atoms with E-state index in [2.05, 4.69) is 15.9 Å². The van der Waals surface area contributed by atoms with Gasteiger partial charge >= 0.3 is 0 Å². The van der Waals surface area contributed by atoms with Crippen molar-refractivity contribution in [3.63, 3.8) is 0 Å². The van der Waals surface area contributed by atoms with Crippen LogP contribution in [0.1, 0.15) is 0 Å². The molecule has 0 radical (unpaired) electrons. The molecule has 0 unspecified atom stereocenters. The van der Waals surface area contributed by atoms with Crippen LogP contribution in [-0.2, 0) is 10.0 Å². The molecule has 102 valence electrons. The smallest absolute Gasteiger partial charge is 0.242 e. The van der Waals surface area contributed by atoms with Crippen LogP contribution in [0.4, 0.5) is 5.69 Å². The van der Waals surface area contributed by atoms with Gasteiger partial charge < -0.3 is 10.6 Å². The summed E-state index contributed by atoms with van der Waals surface area (Å²) in [5, 5.41) is 0. The Balaban J connectivity index is 2.95. The number of nitrogens with two attached hydrogens (primary N) is 1. The number of anilines is 1. The quantitative estimate of drug-likeness (QED) is 0.821. The minimum atomic E-state index is -3.45. The Hall–Kier alpha value is -0.630. The first kappa shape index (κ1) is 15.4. The second kappa shape index (κ2) is 6.01. The number of likely N-dealkylation sites (N-methyl/N-ethyl adjacent to an activating group) is 2. The summed E-state index contributed by atoms with van der Waals surface area (Å²) < 4.78 is 26.4. The zero-order chi connectivity index (χ0) is 13.9. The van der Waals surface area contributed by atoms with Crippen LogP contribution in [0.5, 0.6) is 0 Å². The molecule has 0 amide bonds. The first-order chi connectivity index (χ1) is 8.25. The summed E-state index contributed by atoms with van der Waals surface area (Å²) in [4.78, 5) is 2.18.